The van der Waals surface area contributed by atoms with Crippen LogP contribution < -0.4 is 10.2 Å². The van der Waals surface area contributed by atoms with Crippen LogP contribution in [0.3, 0.4) is 0 Å². The minimum Gasteiger partial charge on any atom is -0.357 e. The molecule has 0 aliphatic carbocycles. The molecule has 0 atom stereocenters. The highest BCUT2D eigenvalue weighted by molar-refractivity contribution is 6.30. The van der Waals surface area contributed by atoms with E-state index in [1.165, 1.54) is 25.7 Å². The summed E-state index contributed by atoms with van der Waals surface area (Å²) in [5, 5.41) is 9.25. The molecule has 0 bridgehead atoms. The van der Waals surface area contributed by atoms with E-state index < -0.39 is 0 Å². The molecule has 2 aromatic carbocycles. The van der Waals surface area contributed by atoms with E-state index in [2.05, 4.69) is 10.2 Å². The SMILES string of the molecule is O=C(Nc1nn(Cc2ccc(Cl)cc2)c2nc(N3CCCCCC3)ccc12)c1ccccc1. The quantitative estimate of drug-likeness (QED) is 0.411. The molecule has 2 aromatic heterocycles. The summed E-state index contributed by atoms with van der Waals surface area (Å²) in [4.78, 5) is 20.2. The predicted molar refractivity (Wildman–Crippen MR) is 133 cm³/mol. The number of hydrogen-bond acceptors (Lipinski definition) is 4. The molecular formula is C26H26ClN5O. The van der Waals surface area contributed by atoms with Crippen LogP contribution in [0, 0.1) is 0 Å². The lowest BCUT2D eigenvalue weighted by Crippen LogP contribution is -2.24. The number of hydrogen-bond donors (Lipinski definition) is 1. The third-order valence-corrected chi connectivity index (χ3v) is 6.28. The maximum atomic E-state index is 12.8. The van der Waals surface area contributed by atoms with Gasteiger partial charge in [-0.25, -0.2) is 9.67 Å². The fourth-order valence-corrected chi connectivity index (χ4v) is 4.38. The molecule has 168 valence electrons. The number of nitrogens with one attached hydrogen (secondary N) is 1. The molecule has 6 nitrogen and oxygen atoms in total. The number of aromatic nitrogens is 3. The lowest BCUT2D eigenvalue weighted by molar-refractivity contribution is 0.102. The first-order valence-corrected chi connectivity index (χ1v) is 11.8. The molecule has 33 heavy (non-hydrogen) atoms. The summed E-state index contributed by atoms with van der Waals surface area (Å²) in [5.74, 6) is 1.29. The summed E-state index contributed by atoms with van der Waals surface area (Å²) in [6, 6.07) is 20.9. The van der Waals surface area contributed by atoms with E-state index in [4.69, 9.17) is 21.7 Å². The standard InChI is InChI=1S/C26H26ClN5O/c27-21-12-10-19(11-13-21)18-32-25-22(14-15-23(28-25)31-16-6-1-2-7-17-31)24(30-32)29-26(33)20-8-4-3-5-9-20/h3-5,8-15H,1-2,6-7,16-18H2,(H,29,30,33). The molecule has 1 fully saturated rings. The summed E-state index contributed by atoms with van der Waals surface area (Å²) in [6.07, 6.45) is 4.90. The molecule has 4 aromatic rings. The number of halogens is 1. The zero-order chi connectivity index (χ0) is 22.6. The smallest absolute Gasteiger partial charge is 0.256 e. The molecule has 3 heterocycles. The van der Waals surface area contributed by atoms with Crippen molar-refractivity contribution < 1.29 is 4.79 Å². The van der Waals surface area contributed by atoms with Gasteiger partial charge in [0.25, 0.3) is 5.91 Å². The third-order valence-electron chi connectivity index (χ3n) is 6.02. The van der Waals surface area contributed by atoms with Crippen LogP contribution in [0.5, 0.6) is 0 Å². The van der Waals surface area contributed by atoms with Crippen molar-refractivity contribution in [3.63, 3.8) is 0 Å². The zero-order valence-electron chi connectivity index (χ0n) is 18.4. The molecule has 1 N–H and O–H groups in total. The van der Waals surface area contributed by atoms with Crippen molar-refractivity contribution in [2.24, 2.45) is 0 Å². The highest BCUT2D eigenvalue weighted by Gasteiger charge is 2.18. The van der Waals surface area contributed by atoms with Gasteiger partial charge in [0, 0.05) is 23.7 Å². The zero-order valence-corrected chi connectivity index (χ0v) is 19.1. The minimum atomic E-state index is -0.190. The van der Waals surface area contributed by atoms with Gasteiger partial charge in [-0.05, 0) is 54.8 Å². The van der Waals surface area contributed by atoms with E-state index in [9.17, 15) is 4.79 Å². The number of fused-ring (bicyclic) bond motifs is 1. The Labute approximate surface area is 198 Å². The number of anilines is 2. The first kappa shape index (κ1) is 21.5. The maximum Gasteiger partial charge on any atom is 0.256 e. The number of benzene rings is 2. The van der Waals surface area contributed by atoms with Crippen LogP contribution in [0.25, 0.3) is 11.0 Å². The molecule has 0 saturated carbocycles. The van der Waals surface area contributed by atoms with Gasteiger partial charge in [-0.1, -0.05) is 54.8 Å². The highest BCUT2D eigenvalue weighted by Crippen LogP contribution is 2.27. The van der Waals surface area contributed by atoms with E-state index in [0.717, 1.165) is 35.5 Å². The Kier molecular flexibility index (Phi) is 6.26. The summed E-state index contributed by atoms with van der Waals surface area (Å²) < 4.78 is 1.86. The van der Waals surface area contributed by atoms with Crippen LogP contribution in [-0.4, -0.2) is 33.8 Å². The number of amides is 1. The van der Waals surface area contributed by atoms with Crippen LogP contribution in [0.2, 0.25) is 5.02 Å². The van der Waals surface area contributed by atoms with Gasteiger partial charge < -0.3 is 10.2 Å². The Bertz CT molecular complexity index is 1250. The van der Waals surface area contributed by atoms with Gasteiger partial charge >= 0.3 is 0 Å². The van der Waals surface area contributed by atoms with Crippen molar-refractivity contribution in [2.75, 3.05) is 23.3 Å². The van der Waals surface area contributed by atoms with E-state index in [-0.39, 0.29) is 5.91 Å². The average Bonchev–Trinajstić information content (AvgIpc) is 3.01. The largest absolute Gasteiger partial charge is 0.357 e. The van der Waals surface area contributed by atoms with Crippen LogP contribution in [-0.2, 0) is 6.54 Å². The topological polar surface area (TPSA) is 63.1 Å². The number of rotatable bonds is 5. The van der Waals surface area contributed by atoms with Gasteiger partial charge in [-0.3, -0.25) is 4.79 Å². The fourth-order valence-electron chi connectivity index (χ4n) is 4.25. The second-order valence-corrected chi connectivity index (χ2v) is 8.83. The van der Waals surface area contributed by atoms with E-state index >= 15 is 0 Å². The summed E-state index contributed by atoms with van der Waals surface area (Å²) in [7, 11) is 0. The first-order valence-electron chi connectivity index (χ1n) is 11.4. The van der Waals surface area contributed by atoms with Crippen LogP contribution in [0.15, 0.2) is 66.7 Å². The monoisotopic (exact) mass is 459 g/mol. The Hall–Kier alpha value is -3.38. The Morgan fingerprint density at radius 2 is 1.64 bits per heavy atom. The second kappa shape index (κ2) is 9.63. The van der Waals surface area contributed by atoms with Crippen LogP contribution in [0.4, 0.5) is 11.6 Å². The molecule has 5 rings (SSSR count). The number of carbonyl (C=O) groups excluding carboxylic acids is 1. The second-order valence-electron chi connectivity index (χ2n) is 8.39. The Balaban J connectivity index is 1.52. The molecule has 1 saturated heterocycles. The number of carbonyl (C=O) groups is 1. The van der Waals surface area contributed by atoms with Crippen molar-refractivity contribution in [1.82, 2.24) is 14.8 Å². The lowest BCUT2D eigenvalue weighted by Gasteiger charge is -2.21. The van der Waals surface area contributed by atoms with Gasteiger partial charge in [0.15, 0.2) is 11.5 Å². The Morgan fingerprint density at radius 1 is 0.909 bits per heavy atom. The molecule has 0 spiro atoms. The number of pyridine rings is 1. The molecular weight excluding hydrogens is 434 g/mol. The van der Waals surface area contributed by atoms with Gasteiger partial charge in [0.1, 0.15) is 5.82 Å². The summed E-state index contributed by atoms with van der Waals surface area (Å²) in [6.45, 7) is 2.56. The Morgan fingerprint density at radius 3 is 2.36 bits per heavy atom. The molecule has 1 aliphatic rings. The molecule has 1 amide bonds. The van der Waals surface area contributed by atoms with Gasteiger partial charge in [0.2, 0.25) is 0 Å². The normalized spacial score (nSPS) is 14.3. The van der Waals surface area contributed by atoms with Gasteiger partial charge in [-0.15, -0.1) is 0 Å². The van der Waals surface area contributed by atoms with E-state index in [0.29, 0.717) is 22.9 Å². The summed E-state index contributed by atoms with van der Waals surface area (Å²) >= 11 is 6.06. The number of nitrogens with zero attached hydrogens (tertiary/aromatic N) is 4. The van der Waals surface area contributed by atoms with Crippen molar-refractivity contribution in [2.45, 2.75) is 32.2 Å². The molecule has 7 heteroatoms. The average molecular weight is 460 g/mol. The van der Waals surface area contributed by atoms with E-state index in [1.54, 1.807) is 12.1 Å². The predicted octanol–water partition coefficient (Wildman–Crippen LogP) is 5.77. The minimum absolute atomic E-state index is 0.190. The van der Waals surface area contributed by atoms with E-state index in [1.807, 2.05) is 59.3 Å². The fraction of sp³-hybridized carbons (Fsp3) is 0.269. The van der Waals surface area contributed by atoms with Crippen LogP contribution in [0.1, 0.15) is 41.6 Å². The van der Waals surface area contributed by atoms with Gasteiger partial charge in [-0.2, -0.15) is 5.10 Å². The molecule has 0 unspecified atom stereocenters. The van der Waals surface area contributed by atoms with Gasteiger partial charge in [0.05, 0.1) is 11.9 Å². The third kappa shape index (κ3) is 4.86. The summed E-state index contributed by atoms with van der Waals surface area (Å²) in [5.41, 5.74) is 2.41. The molecule has 0 radical (unpaired) electrons. The first-order chi connectivity index (χ1) is 16.2. The maximum absolute atomic E-state index is 12.8. The van der Waals surface area contributed by atoms with Crippen LogP contribution >= 0.6 is 11.6 Å². The highest BCUT2D eigenvalue weighted by atomic mass is 35.5. The van der Waals surface area contributed by atoms with Crippen molar-refractivity contribution in [3.05, 3.63) is 82.9 Å². The van der Waals surface area contributed by atoms with Crippen molar-refractivity contribution in [1.29, 1.82) is 0 Å². The molecule has 1 aliphatic heterocycles. The van der Waals surface area contributed by atoms with Crippen molar-refractivity contribution >= 4 is 40.2 Å². The lowest BCUT2D eigenvalue weighted by atomic mass is 10.2. The van der Waals surface area contributed by atoms with Crippen molar-refractivity contribution in [3.8, 4) is 0 Å².